The summed E-state index contributed by atoms with van der Waals surface area (Å²) >= 11 is 0. The molecular formula is C17H33NO7S. The second kappa shape index (κ2) is 9.45. The van der Waals surface area contributed by atoms with E-state index in [9.17, 15) is 18.3 Å². The van der Waals surface area contributed by atoms with Crippen LogP contribution in [0.2, 0.25) is 0 Å². The molecule has 1 aliphatic rings. The molecule has 1 rings (SSSR count). The molecule has 0 radical (unpaired) electrons. The van der Waals surface area contributed by atoms with Crippen molar-refractivity contribution < 1.29 is 32.0 Å². The smallest absolute Gasteiger partial charge is 0.268 e. The lowest BCUT2D eigenvalue weighted by molar-refractivity contribution is -0.297. The largest absolute Gasteiger partial charge is 0.390 e. The molecule has 0 aromatic heterocycles. The van der Waals surface area contributed by atoms with Crippen LogP contribution < -0.4 is 5.32 Å². The Labute approximate surface area is 156 Å². The predicted octanol–water partition coefficient (Wildman–Crippen LogP) is 1.32. The summed E-state index contributed by atoms with van der Waals surface area (Å²) in [5.41, 5.74) is -1.16. The number of aliphatic hydroxyl groups is 1. The van der Waals surface area contributed by atoms with Crippen molar-refractivity contribution in [3.63, 3.8) is 0 Å². The zero-order valence-electron chi connectivity index (χ0n) is 16.4. The molecule has 2 N–H and O–H groups in total. The van der Waals surface area contributed by atoms with E-state index in [1.807, 2.05) is 20.8 Å². The summed E-state index contributed by atoms with van der Waals surface area (Å²) in [5.74, 6) is -1.29. The molecule has 0 aromatic rings. The first kappa shape index (κ1) is 23.3. The fourth-order valence-electron chi connectivity index (χ4n) is 3.16. The van der Waals surface area contributed by atoms with Crippen molar-refractivity contribution in [2.45, 2.75) is 83.4 Å². The summed E-state index contributed by atoms with van der Waals surface area (Å²) in [6.45, 7) is 7.35. The number of carbonyl (C=O) groups excluding carboxylic acids is 1. The lowest BCUT2D eigenvalue weighted by atomic mass is 9.93. The van der Waals surface area contributed by atoms with E-state index < -0.39 is 27.4 Å². The molecule has 0 bridgehead atoms. The third-order valence-electron chi connectivity index (χ3n) is 4.24. The number of ether oxygens (including phenoxy) is 2. The molecule has 0 spiro atoms. The average Bonchev–Trinajstić information content (AvgIpc) is 2.44. The molecule has 8 nitrogen and oxygen atoms in total. The van der Waals surface area contributed by atoms with E-state index in [2.05, 4.69) is 9.50 Å². The third kappa shape index (κ3) is 9.27. The molecule has 0 aromatic carbocycles. The van der Waals surface area contributed by atoms with Crippen LogP contribution >= 0.6 is 0 Å². The molecule has 0 unspecified atom stereocenters. The van der Waals surface area contributed by atoms with Crippen molar-refractivity contribution in [3.8, 4) is 0 Å². The monoisotopic (exact) mass is 395 g/mol. The molecular weight excluding hydrogens is 362 g/mol. The number of hydrogen-bond acceptors (Lipinski definition) is 7. The van der Waals surface area contributed by atoms with E-state index >= 15 is 0 Å². The molecule has 3 atom stereocenters. The van der Waals surface area contributed by atoms with Crippen LogP contribution in [0.3, 0.4) is 0 Å². The van der Waals surface area contributed by atoms with Gasteiger partial charge in [-0.2, -0.15) is 8.42 Å². The van der Waals surface area contributed by atoms with Crippen LogP contribution in [-0.2, 0) is 28.6 Å². The Hall–Kier alpha value is -0.740. The maximum absolute atomic E-state index is 11.9. The van der Waals surface area contributed by atoms with Gasteiger partial charge in [-0.05, 0) is 53.4 Å². The number of hydrogen-bond donors (Lipinski definition) is 2. The highest BCUT2D eigenvalue weighted by molar-refractivity contribution is 7.86. The zero-order valence-corrected chi connectivity index (χ0v) is 17.2. The number of carbonyl (C=O) groups is 1. The summed E-state index contributed by atoms with van der Waals surface area (Å²) in [6, 6.07) is 0. The second-order valence-corrected chi connectivity index (χ2v) is 9.51. The number of amides is 1. The van der Waals surface area contributed by atoms with E-state index in [1.165, 1.54) is 0 Å². The Morgan fingerprint density at radius 1 is 1.38 bits per heavy atom. The van der Waals surface area contributed by atoms with Crippen molar-refractivity contribution in [3.05, 3.63) is 0 Å². The fraction of sp³-hybridized carbons (Fsp3) is 0.941. The first-order valence-electron chi connectivity index (χ1n) is 8.97. The van der Waals surface area contributed by atoms with Crippen molar-refractivity contribution >= 4 is 16.0 Å². The Morgan fingerprint density at radius 2 is 2.04 bits per heavy atom. The van der Waals surface area contributed by atoms with E-state index in [1.54, 1.807) is 6.92 Å². The normalized spacial score (nSPS) is 25.5. The summed E-state index contributed by atoms with van der Waals surface area (Å²) in [4.78, 5) is 11.9. The van der Waals surface area contributed by atoms with Gasteiger partial charge in [-0.25, -0.2) is 0 Å². The van der Waals surface area contributed by atoms with E-state index in [4.69, 9.17) is 9.47 Å². The van der Waals surface area contributed by atoms with Crippen molar-refractivity contribution in [1.29, 1.82) is 0 Å². The quantitative estimate of drug-likeness (QED) is 0.537. The zero-order chi connectivity index (χ0) is 20.0. The second-order valence-electron chi connectivity index (χ2n) is 7.65. The van der Waals surface area contributed by atoms with E-state index in [0.29, 0.717) is 12.8 Å². The van der Waals surface area contributed by atoms with Crippen LogP contribution in [0.5, 0.6) is 0 Å². The highest BCUT2D eigenvalue weighted by atomic mass is 32.2. The maximum Gasteiger partial charge on any atom is 0.268 e. The van der Waals surface area contributed by atoms with Crippen LogP contribution in [-0.4, -0.2) is 62.4 Å². The standard InChI is InChI=1S/C17H33NO7S/c1-13-11-14(25-16(2,3)24-13)7-6-8-17(4,20)12-15(19)18-9-10-26(21,22)23-5/h13-14,20H,6-12H2,1-5H3,(H,18,19)/t13-,14+,17+/m1/s1. The van der Waals surface area contributed by atoms with Gasteiger partial charge in [-0.1, -0.05) is 0 Å². The lowest BCUT2D eigenvalue weighted by Gasteiger charge is -2.40. The van der Waals surface area contributed by atoms with Gasteiger partial charge in [0.1, 0.15) is 0 Å². The highest BCUT2D eigenvalue weighted by Gasteiger charge is 2.33. The number of nitrogens with one attached hydrogen (secondary N) is 1. The van der Waals surface area contributed by atoms with Crippen molar-refractivity contribution in [2.24, 2.45) is 0 Å². The topological polar surface area (TPSA) is 111 Å². The molecule has 0 saturated carbocycles. The van der Waals surface area contributed by atoms with Crippen LogP contribution in [0.15, 0.2) is 0 Å². The van der Waals surface area contributed by atoms with E-state index in [-0.39, 0.29) is 30.9 Å². The maximum atomic E-state index is 11.9. The Morgan fingerprint density at radius 3 is 2.62 bits per heavy atom. The minimum absolute atomic E-state index is 0.0476. The van der Waals surface area contributed by atoms with Gasteiger partial charge in [0.25, 0.3) is 10.1 Å². The van der Waals surface area contributed by atoms with Gasteiger partial charge in [0, 0.05) is 6.54 Å². The molecule has 1 aliphatic heterocycles. The molecule has 1 fully saturated rings. The van der Waals surface area contributed by atoms with Crippen LogP contribution in [0, 0.1) is 0 Å². The van der Waals surface area contributed by atoms with Crippen molar-refractivity contribution in [1.82, 2.24) is 5.32 Å². The summed E-state index contributed by atoms with van der Waals surface area (Å²) in [5, 5.41) is 12.9. The molecule has 0 aliphatic carbocycles. The fourth-order valence-corrected chi connectivity index (χ4v) is 3.68. The summed E-state index contributed by atoms with van der Waals surface area (Å²) in [6.07, 6.45) is 2.85. The SMILES string of the molecule is COS(=O)(=O)CCNC(=O)C[C@@](C)(O)CCC[C@H]1C[C@@H](C)OC(C)(C)O1. The molecule has 26 heavy (non-hydrogen) atoms. The molecule has 1 saturated heterocycles. The summed E-state index contributed by atoms with van der Waals surface area (Å²) < 4.78 is 38.3. The molecule has 154 valence electrons. The minimum Gasteiger partial charge on any atom is -0.390 e. The van der Waals surface area contributed by atoms with Gasteiger partial charge in [-0.3, -0.25) is 8.98 Å². The Balaban J connectivity index is 2.31. The lowest BCUT2D eigenvalue weighted by Crippen LogP contribution is -2.43. The molecule has 1 amide bonds. The molecule has 9 heteroatoms. The Kier molecular flexibility index (Phi) is 8.47. The van der Waals surface area contributed by atoms with Gasteiger partial charge in [-0.15, -0.1) is 0 Å². The highest BCUT2D eigenvalue weighted by Crippen LogP contribution is 2.30. The summed E-state index contributed by atoms with van der Waals surface area (Å²) in [7, 11) is -2.53. The first-order valence-corrected chi connectivity index (χ1v) is 10.5. The third-order valence-corrected chi connectivity index (χ3v) is 5.45. The van der Waals surface area contributed by atoms with Gasteiger partial charge in [0.15, 0.2) is 5.79 Å². The first-order chi connectivity index (χ1) is 11.8. The average molecular weight is 396 g/mol. The van der Waals surface area contributed by atoms with Crippen LogP contribution in [0.4, 0.5) is 0 Å². The molecule has 1 heterocycles. The van der Waals surface area contributed by atoms with E-state index in [0.717, 1.165) is 20.0 Å². The van der Waals surface area contributed by atoms with Gasteiger partial charge < -0.3 is 19.9 Å². The minimum atomic E-state index is -3.60. The van der Waals surface area contributed by atoms with Crippen LogP contribution in [0.1, 0.15) is 59.8 Å². The number of rotatable bonds is 10. The van der Waals surface area contributed by atoms with Crippen molar-refractivity contribution in [2.75, 3.05) is 19.4 Å². The Bertz CT molecular complexity index is 559. The predicted molar refractivity (Wildman–Crippen MR) is 97.0 cm³/mol. The van der Waals surface area contributed by atoms with Crippen LogP contribution in [0.25, 0.3) is 0 Å². The van der Waals surface area contributed by atoms with Gasteiger partial charge in [0.05, 0.1) is 37.1 Å². The van der Waals surface area contributed by atoms with Gasteiger partial charge in [0.2, 0.25) is 5.91 Å². The van der Waals surface area contributed by atoms with Gasteiger partial charge >= 0.3 is 0 Å².